The summed E-state index contributed by atoms with van der Waals surface area (Å²) in [6, 6.07) is 9.75. The number of carbonyl (C=O) groups excluding carboxylic acids is 1. The number of carbonyl (C=O) groups is 1. The molecule has 2 fully saturated rings. The van der Waals surface area contributed by atoms with Crippen LogP contribution in [0.2, 0.25) is 0 Å². The summed E-state index contributed by atoms with van der Waals surface area (Å²) >= 11 is 0. The fourth-order valence-electron chi connectivity index (χ4n) is 3.76. The van der Waals surface area contributed by atoms with E-state index in [1.807, 2.05) is 30.3 Å². The molecular formula is C21H27N5O3. The second-order valence-electron chi connectivity index (χ2n) is 7.36. The molecule has 2 heterocycles. The maximum Gasteiger partial charge on any atom is 0.230 e. The number of para-hydroxylation sites is 1. The van der Waals surface area contributed by atoms with Gasteiger partial charge in [0, 0.05) is 37.8 Å². The van der Waals surface area contributed by atoms with Crippen LogP contribution in [0.25, 0.3) is 0 Å². The van der Waals surface area contributed by atoms with E-state index in [0.717, 1.165) is 56.1 Å². The largest absolute Gasteiger partial charge is 0.496 e. The van der Waals surface area contributed by atoms with Gasteiger partial charge in [0.05, 0.1) is 37.6 Å². The van der Waals surface area contributed by atoms with Gasteiger partial charge in [0.25, 0.3) is 0 Å². The zero-order valence-corrected chi connectivity index (χ0v) is 16.7. The molecule has 1 aliphatic carbocycles. The molecule has 154 valence electrons. The van der Waals surface area contributed by atoms with Crippen LogP contribution in [-0.2, 0) is 14.9 Å². The molecule has 2 aromatic rings. The minimum atomic E-state index is -0.456. The second-order valence-corrected chi connectivity index (χ2v) is 7.36. The zero-order chi connectivity index (χ0) is 20.1. The Balaban J connectivity index is 1.29. The molecule has 0 bridgehead atoms. The Bertz CT molecular complexity index is 850. The van der Waals surface area contributed by atoms with E-state index in [1.54, 1.807) is 13.3 Å². The quantitative estimate of drug-likeness (QED) is 0.654. The first kappa shape index (κ1) is 19.4. The van der Waals surface area contributed by atoms with Gasteiger partial charge >= 0.3 is 0 Å². The topological polar surface area (TPSA) is 88.6 Å². The molecule has 1 saturated carbocycles. The van der Waals surface area contributed by atoms with Gasteiger partial charge in [-0.3, -0.25) is 4.79 Å². The van der Waals surface area contributed by atoms with Gasteiger partial charge in [-0.2, -0.15) is 5.10 Å². The SMILES string of the molecule is COc1ccccc1C1(C(=O)NCCNc2cc(N3CCOCC3)cnn2)CC1. The average Bonchev–Trinajstić information content (AvgIpc) is 3.59. The lowest BCUT2D eigenvalue weighted by molar-refractivity contribution is -0.123. The third-order valence-corrected chi connectivity index (χ3v) is 5.54. The van der Waals surface area contributed by atoms with Gasteiger partial charge in [0.2, 0.25) is 5.91 Å². The lowest BCUT2D eigenvalue weighted by Gasteiger charge is -2.28. The molecule has 2 aliphatic rings. The number of anilines is 2. The van der Waals surface area contributed by atoms with Crippen LogP contribution in [0.4, 0.5) is 11.5 Å². The Morgan fingerprint density at radius 2 is 2.03 bits per heavy atom. The third-order valence-electron chi connectivity index (χ3n) is 5.54. The summed E-state index contributed by atoms with van der Waals surface area (Å²) in [6.07, 6.45) is 3.46. The molecule has 1 aromatic carbocycles. The first-order valence-corrected chi connectivity index (χ1v) is 10.0. The van der Waals surface area contributed by atoms with E-state index < -0.39 is 5.41 Å². The number of ether oxygens (including phenoxy) is 2. The molecule has 1 amide bonds. The maximum atomic E-state index is 12.8. The molecule has 8 nitrogen and oxygen atoms in total. The van der Waals surface area contributed by atoms with Crippen molar-refractivity contribution in [3.8, 4) is 5.75 Å². The lowest BCUT2D eigenvalue weighted by atomic mass is 9.94. The molecule has 1 aromatic heterocycles. The summed E-state index contributed by atoms with van der Waals surface area (Å²) in [4.78, 5) is 15.1. The number of aromatic nitrogens is 2. The molecule has 0 radical (unpaired) electrons. The highest BCUT2D eigenvalue weighted by molar-refractivity contribution is 5.92. The normalized spacial score (nSPS) is 17.5. The van der Waals surface area contributed by atoms with Crippen molar-refractivity contribution in [2.24, 2.45) is 0 Å². The molecular weight excluding hydrogens is 370 g/mol. The summed E-state index contributed by atoms with van der Waals surface area (Å²) in [5.74, 6) is 1.53. The number of benzene rings is 1. The number of methoxy groups -OCH3 is 1. The number of hydrogen-bond donors (Lipinski definition) is 2. The monoisotopic (exact) mass is 397 g/mol. The van der Waals surface area contributed by atoms with E-state index in [9.17, 15) is 4.79 Å². The summed E-state index contributed by atoms with van der Waals surface area (Å²) in [5, 5.41) is 14.5. The fourth-order valence-corrected chi connectivity index (χ4v) is 3.76. The highest BCUT2D eigenvalue weighted by Gasteiger charge is 2.52. The number of amides is 1. The highest BCUT2D eigenvalue weighted by Crippen LogP contribution is 2.51. The first-order chi connectivity index (χ1) is 14.2. The molecule has 1 saturated heterocycles. The standard InChI is InChI=1S/C21H27N5O3/c1-28-18-5-3-2-4-17(18)21(6-7-21)20(27)23-9-8-22-19-14-16(15-24-25-19)26-10-12-29-13-11-26/h2-5,14-15H,6-13H2,1H3,(H,22,25)(H,23,27). The van der Waals surface area contributed by atoms with Crippen LogP contribution in [0.1, 0.15) is 18.4 Å². The highest BCUT2D eigenvalue weighted by atomic mass is 16.5. The Morgan fingerprint density at radius 3 is 2.79 bits per heavy atom. The number of morpholine rings is 1. The molecule has 0 spiro atoms. The summed E-state index contributed by atoms with van der Waals surface area (Å²) < 4.78 is 10.8. The van der Waals surface area contributed by atoms with Gasteiger partial charge in [0.15, 0.2) is 5.82 Å². The number of hydrogen-bond acceptors (Lipinski definition) is 7. The summed E-state index contributed by atoms with van der Waals surface area (Å²) in [5.41, 5.74) is 1.54. The van der Waals surface area contributed by atoms with Gasteiger partial charge in [0.1, 0.15) is 5.75 Å². The van der Waals surface area contributed by atoms with E-state index in [2.05, 4.69) is 25.7 Å². The number of rotatable bonds is 8. The molecule has 0 atom stereocenters. The van der Waals surface area contributed by atoms with Crippen LogP contribution in [0.3, 0.4) is 0 Å². The first-order valence-electron chi connectivity index (χ1n) is 10.0. The van der Waals surface area contributed by atoms with Crippen LogP contribution in [0.15, 0.2) is 36.5 Å². The second kappa shape index (κ2) is 8.65. The van der Waals surface area contributed by atoms with E-state index >= 15 is 0 Å². The van der Waals surface area contributed by atoms with Crippen molar-refractivity contribution < 1.29 is 14.3 Å². The Labute approximate surface area is 170 Å². The van der Waals surface area contributed by atoms with Crippen molar-refractivity contribution in [1.29, 1.82) is 0 Å². The van der Waals surface area contributed by atoms with E-state index in [4.69, 9.17) is 9.47 Å². The van der Waals surface area contributed by atoms with Gasteiger partial charge in [-0.05, 0) is 18.9 Å². The zero-order valence-electron chi connectivity index (χ0n) is 16.7. The maximum absolute atomic E-state index is 12.8. The van der Waals surface area contributed by atoms with Crippen LogP contribution in [0.5, 0.6) is 5.75 Å². The molecule has 4 rings (SSSR count). The fraction of sp³-hybridized carbons (Fsp3) is 0.476. The van der Waals surface area contributed by atoms with Crippen molar-refractivity contribution in [1.82, 2.24) is 15.5 Å². The smallest absolute Gasteiger partial charge is 0.230 e. The molecule has 29 heavy (non-hydrogen) atoms. The van der Waals surface area contributed by atoms with Gasteiger partial charge in [-0.15, -0.1) is 5.10 Å². The van der Waals surface area contributed by atoms with Crippen LogP contribution in [0, 0.1) is 0 Å². The van der Waals surface area contributed by atoms with Gasteiger partial charge in [-0.25, -0.2) is 0 Å². The van der Waals surface area contributed by atoms with E-state index in [0.29, 0.717) is 18.9 Å². The van der Waals surface area contributed by atoms with Crippen molar-refractivity contribution in [2.45, 2.75) is 18.3 Å². The Morgan fingerprint density at radius 1 is 1.24 bits per heavy atom. The van der Waals surface area contributed by atoms with Crippen molar-refractivity contribution in [3.05, 3.63) is 42.1 Å². The van der Waals surface area contributed by atoms with Crippen LogP contribution >= 0.6 is 0 Å². The average molecular weight is 397 g/mol. The number of nitrogens with zero attached hydrogens (tertiary/aromatic N) is 3. The van der Waals surface area contributed by atoms with Gasteiger partial charge < -0.3 is 25.0 Å². The van der Waals surface area contributed by atoms with Crippen molar-refractivity contribution >= 4 is 17.4 Å². The van der Waals surface area contributed by atoms with Crippen LogP contribution < -0.4 is 20.3 Å². The number of nitrogens with one attached hydrogen (secondary N) is 2. The van der Waals surface area contributed by atoms with Crippen LogP contribution in [-0.4, -0.2) is 62.6 Å². The predicted octanol–water partition coefficient (Wildman–Crippen LogP) is 1.58. The summed E-state index contributed by atoms with van der Waals surface area (Å²) in [7, 11) is 1.64. The molecule has 2 N–H and O–H groups in total. The third kappa shape index (κ3) is 4.27. The minimum Gasteiger partial charge on any atom is -0.496 e. The minimum absolute atomic E-state index is 0.0527. The van der Waals surface area contributed by atoms with E-state index in [-0.39, 0.29) is 5.91 Å². The van der Waals surface area contributed by atoms with E-state index in [1.165, 1.54) is 0 Å². The lowest BCUT2D eigenvalue weighted by Crippen LogP contribution is -2.37. The van der Waals surface area contributed by atoms with Gasteiger partial charge in [-0.1, -0.05) is 18.2 Å². The predicted molar refractivity (Wildman–Crippen MR) is 110 cm³/mol. The van der Waals surface area contributed by atoms with Crippen molar-refractivity contribution in [3.63, 3.8) is 0 Å². The molecule has 1 aliphatic heterocycles. The summed E-state index contributed by atoms with van der Waals surface area (Å²) in [6.45, 7) is 4.25. The molecule has 0 unspecified atom stereocenters. The van der Waals surface area contributed by atoms with Crippen molar-refractivity contribution in [2.75, 3.05) is 56.7 Å². The Kier molecular flexibility index (Phi) is 5.80. The Hall–Kier alpha value is -2.87. The molecule has 8 heteroatoms.